The maximum Gasteiger partial charge on any atom is 0.446 e. The van der Waals surface area contributed by atoms with Gasteiger partial charge in [0.2, 0.25) is 6.08 Å². The molecule has 0 aliphatic rings. The number of halogens is 3. The van der Waals surface area contributed by atoms with Crippen molar-refractivity contribution in [2.45, 2.75) is 10.4 Å². The Bertz CT molecular complexity index is 371. The molecular formula is C8H4F3NOS. The standard InChI is InChI=1S/C8H4F3NOS/c9-8(10,11)14-7-3-1-2-6(4-7)12-5-13/h1-4H. The van der Waals surface area contributed by atoms with Crippen LogP contribution in [0.4, 0.5) is 18.9 Å². The highest BCUT2D eigenvalue weighted by atomic mass is 32.2. The molecule has 1 aromatic carbocycles. The first kappa shape index (κ1) is 10.8. The first-order chi connectivity index (χ1) is 6.51. The summed E-state index contributed by atoms with van der Waals surface area (Å²) in [6.07, 6.45) is 1.26. The highest BCUT2D eigenvalue weighted by Crippen LogP contribution is 2.37. The maximum atomic E-state index is 11.9. The molecule has 0 unspecified atom stereocenters. The zero-order chi connectivity index (χ0) is 10.6. The van der Waals surface area contributed by atoms with E-state index in [1.165, 1.54) is 30.3 Å². The van der Waals surface area contributed by atoms with Crippen molar-refractivity contribution in [3.63, 3.8) is 0 Å². The summed E-state index contributed by atoms with van der Waals surface area (Å²) in [5, 5.41) is 0. The Kier molecular flexibility index (Phi) is 3.33. The van der Waals surface area contributed by atoms with Crippen molar-refractivity contribution in [3.05, 3.63) is 24.3 Å². The van der Waals surface area contributed by atoms with Crippen molar-refractivity contribution in [1.29, 1.82) is 0 Å². The molecule has 0 spiro atoms. The fourth-order valence-electron chi connectivity index (χ4n) is 0.803. The molecule has 0 amide bonds. The summed E-state index contributed by atoms with van der Waals surface area (Å²) in [5.74, 6) is 0. The van der Waals surface area contributed by atoms with Gasteiger partial charge in [0.15, 0.2) is 0 Å². The van der Waals surface area contributed by atoms with Gasteiger partial charge in [-0.25, -0.2) is 4.79 Å². The summed E-state index contributed by atoms with van der Waals surface area (Å²) in [6.45, 7) is 0. The van der Waals surface area contributed by atoms with E-state index in [4.69, 9.17) is 0 Å². The Balaban J connectivity index is 2.89. The van der Waals surface area contributed by atoms with Crippen LogP contribution in [0.15, 0.2) is 34.2 Å². The van der Waals surface area contributed by atoms with Crippen molar-refractivity contribution < 1.29 is 18.0 Å². The monoisotopic (exact) mass is 219 g/mol. The molecule has 1 rings (SSSR count). The number of benzene rings is 1. The number of aliphatic imine (C=N–C) groups is 1. The van der Waals surface area contributed by atoms with E-state index in [9.17, 15) is 18.0 Å². The molecule has 14 heavy (non-hydrogen) atoms. The Hall–Kier alpha value is -1.26. The van der Waals surface area contributed by atoms with Crippen LogP contribution in [0.25, 0.3) is 0 Å². The zero-order valence-corrected chi connectivity index (χ0v) is 7.52. The number of hydrogen-bond acceptors (Lipinski definition) is 3. The van der Waals surface area contributed by atoms with Crippen LogP contribution in [0, 0.1) is 0 Å². The van der Waals surface area contributed by atoms with Crippen molar-refractivity contribution in [2.75, 3.05) is 0 Å². The molecule has 74 valence electrons. The summed E-state index contributed by atoms with van der Waals surface area (Å²) in [5.41, 5.74) is -4.17. The second kappa shape index (κ2) is 4.30. The number of isocyanates is 1. The first-order valence-electron chi connectivity index (χ1n) is 3.45. The lowest BCUT2D eigenvalue weighted by atomic mass is 10.3. The van der Waals surface area contributed by atoms with Crippen LogP contribution in [0.2, 0.25) is 0 Å². The van der Waals surface area contributed by atoms with Crippen molar-refractivity contribution in [2.24, 2.45) is 4.99 Å². The topological polar surface area (TPSA) is 29.4 Å². The predicted molar refractivity (Wildman–Crippen MR) is 46.1 cm³/mol. The van der Waals surface area contributed by atoms with Gasteiger partial charge in [0, 0.05) is 4.90 Å². The molecule has 0 aliphatic carbocycles. The molecule has 2 nitrogen and oxygen atoms in total. The van der Waals surface area contributed by atoms with Gasteiger partial charge in [-0.15, -0.1) is 0 Å². The zero-order valence-electron chi connectivity index (χ0n) is 6.71. The second-order valence-electron chi connectivity index (χ2n) is 2.25. The summed E-state index contributed by atoms with van der Waals surface area (Å²) >= 11 is -0.249. The lowest BCUT2D eigenvalue weighted by Gasteiger charge is -2.04. The van der Waals surface area contributed by atoms with Crippen LogP contribution in [-0.4, -0.2) is 11.6 Å². The summed E-state index contributed by atoms with van der Waals surface area (Å²) in [7, 11) is 0. The smallest absolute Gasteiger partial charge is 0.211 e. The van der Waals surface area contributed by atoms with Crippen LogP contribution in [0.3, 0.4) is 0 Å². The van der Waals surface area contributed by atoms with Gasteiger partial charge in [-0.2, -0.15) is 18.2 Å². The quantitative estimate of drug-likeness (QED) is 0.434. The molecule has 0 bridgehead atoms. The third-order valence-electron chi connectivity index (χ3n) is 1.23. The van der Waals surface area contributed by atoms with Crippen LogP contribution >= 0.6 is 11.8 Å². The van der Waals surface area contributed by atoms with Crippen molar-refractivity contribution in [3.8, 4) is 0 Å². The number of nitrogens with zero attached hydrogens (tertiary/aromatic N) is 1. The molecule has 0 saturated heterocycles. The van der Waals surface area contributed by atoms with E-state index in [0.717, 1.165) is 0 Å². The number of hydrogen-bond donors (Lipinski definition) is 0. The molecule has 0 atom stereocenters. The predicted octanol–water partition coefficient (Wildman–Crippen LogP) is 3.27. The average Bonchev–Trinajstić information content (AvgIpc) is 2.02. The number of thioether (sulfide) groups is 1. The number of alkyl halides is 3. The highest BCUT2D eigenvalue weighted by Gasteiger charge is 2.29. The van der Waals surface area contributed by atoms with Gasteiger partial charge in [0.05, 0.1) is 5.69 Å². The van der Waals surface area contributed by atoms with Crippen molar-refractivity contribution >= 4 is 23.5 Å². The van der Waals surface area contributed by atoms with Gasteiger partial charge in [0.1, 0.15) is 0 Å². The molecule has 6 heteroatoms. The van der Waals surface area contributed by atoms with E-state index in [2.05, 4.69) is 4.99 Å². The molecule has 0 N–H and O–H groups in total. The van der Waals surface area contributed by atoms with Gasteiger partial charge in [-0.05, 0) is 30.0 Å². The van der Waals surface area contributed by atoms with E-state index in [-0.39, 0.29) is 22.3 Å². The summed E-state index contributed by atoms with van der Waals surface area (Å²) < 4.78 is 35.7. The van der Waals surface area contributed by atoms with Gasteiger partial charge >= 0.3 is 5.51 Å². The third kappa shape index (κ3) is 3.64. The van der Waals surface area contributed by atoms with E-state index >= 15 is 0 Å². The molecule has 1 aromatic rings. The normalized spacial score (nSPS) is 10.8. The molecular weight excluding hydrogens is 215 g/mol. The molecule has 0 fully saturated rings. The second-order valence-corrected chi connectivity index (χ2v) is 3.39. The fraction of sp³-hybridized carbons (Fsp3) is 0.125. The lowest BCUT2D eigenvalue weighted by Crippen LogP contribution is -1.98. The average molecular weight is 219 g/mol. The van der Waals surface area contributed by atoms with Gasteiger partial charge in [0.25, 0.3) is 0 Å². The maximum absolute atomic E-state index is 11.9. The SMILES string of the molecule is O=C=Nc1cccc(SC(F)(F)F)c1. The minimum absolute atomic E-state index is 0.00556. The van der Waals surface area contributed by atoms with Crippen LogP contribution in [0.5, 0.6) is 0 Å². The Morgan fingerprint density at radius 1 is 1.36 bits per heavy atom. The molecule has 0 radical (unpaired) electrons. The largest absolute Gasteiger partial charge is 0.446 e. The summed E-state index contributed by atoms with van der Waals surface area (Å²) in [4.78, 5) is 13.1. The molecule has 0 heterocycles. The molecule has 0 saturated carbocycles. The third-order valence-corrected chi connectivity index (χ3v) is 1.95. The van der Waals surface area contributed by atoms with E-state index in [1.807, 2.05) is 0 Å². The first-order valence-corrected chi connectivity index (χ1v) is 4.26. The highest BCUT2D eigenvalue weighted by molar-refractivity contribution is 8.00. The molecule has 0 aromatic heterocycles. The van der Waals surface area contributed by atoms with E-state index in [0.29, 0.717) is 0 Å². The van der Waals surface area contributed by atoms with Gasteiger partial charge in [-0.3, -0.25) is 0 Å². The fourth-order valence-corrected chi connectivity index (χ4v) is 1.40. The van der Waals surface area contributed by atoms with Crippen LogP contribution < -0.4 is 0 Å². The number of rotatable bonds is 2. The van der Waals surface area contributed by atoms with Gasteiger partial charge < -0.3 is 0 Å². The Morgan fingerprint density at radius 2 is 2.07 bits per heavy atom. The minimum atomic E-state index is -4.33. The lowest BCUT2D eigenvalue weighted by molar-refractivity contribution is -0.0328. The summed E-state index contributed by atoms with van der Waals surface area (Å²) in [6, 6.07) is 5.28. The van der Waals surface area contributed by atoms with E-state index in [1.54, 1.807) is 0 Å². The van der Waals surface area contributed by atoms with Gasteiger partial charge in [-0.1, -0.05) is 6.07 Å². The van der Waals surface area contributed by atoms with Crippen LogP contribution in [0.1, 0.15) is 0 Å². The molecule has 0 aliphatic heterocycles. The Morgan fingerprint density at radius 3 is 2.64 bits per heavy atom. The van der Waals surface area contributed by atoms with E-state index < -0.39 is 5.51 Å². The van der Waals surface area contributed by atoms with Crippen LogP contribution in [-0.2, 0) is 4.79 Å². The Labute approximate surface area is 81.8 Å². The minimum Gasteiger partial charge on any atom is -0.211 e. The van der Waals surface area contributed by atoms with Crippen molar-refractivity contribution in [1.82, 2.24) is 0 Å². The number of carbonyl (C=O) groups excluding carboxylic acids is 1.